The van der Waals surface area contributed by atoms with Crippen LogP contribution in [0.1, 0.15) is 176 Å². The number of rotatable bonds is 17. The molecule has 0 fully saturated rings. The topological polar surface area (TPSA) is 77.8 Å². The number of carboxylic acid groups (broad SMARTS) is 1. The number of carboxylic acids is 1. The van der Waals surface area contributed by atoms with Gasteiger partial charge in [0.25, 0.3) is 0 Å². The molecule has 0 atom stereocenters. The van der Waals surface area contributed by atoms with Gasteiger partial charge in [0.15, 0.2) is 0 Å². The van der Waals surface area contributed by atoms with E-state index in [1.807, 2.05) is 18.2 Å². The highest BCUT2D eigenvalue weighted by atomic mass is 16.4. The van der Waals surface area contributed by atoms with E-state index >= 15 is 0 Å². The summed E-state index contributed by atoms with van der Waals surface area (Å²) in [4.78, 5) is 9.37. The molecule has 39 heavy (non-hydrogen) atoms. The lowest BCUT2D eigenvalue weighted by Gasteiger charge is -2.26. The first-order valence-corrected chi connectivity index (χ1v) is 16.0. The first-order valence-electron chi connectivity index (χ1n) is 16.0. The second-order valence-corrected chi connectivity index (χ2v) is 13.0. The first-order chi connectivity index (χ1) is 18.3. The van der Waals surface area contributed by atoms with Gasteiger partial charge in [-0.05, 0) is 28.4 Å². The van der Waals surface area contributed by atoms with Crippen LogP contribution in [0.15, 0.2) is 18.2 Å². The van der Waals surface area contributed by atoms with Gasteiger partial charge in [-0.2, -0.15) is 0 Å². The molecule has 0 unspecified atom stereocenters. The third-order valence-electron chi connectivity index (χ3n) is 6.97. The second-order valence-electron chi connectivity index (χ2n) is 13.0. The highest BCUT2D eigenvalue weighted by Gasteiger charge is 2.24. The van der Waals surface area contributed by atoms with Crippen molar-refractivity contribution in [2.45, 2.75) is 175 Å². The number of para-hydroxylation sites is 1. The fourth-order valence-electron chi connectivity index (χ4n) is 4.41. The summed E-state index contributed by atoms with van der Waals surface area (Å²) in [5.41, 5.74) is 2.03. The molecule has 0 aromatic heterocycles. The van der Waals surface area contributed by atoms with Gasteiger partial charge < -0.3 is 15.3 Å². The molecule has 3 N–H and O–H groups in total. The highest BCUT2D eigenvalue weighted by molar-refractivity contribution is 5.66. The van der Waals surface area contributed by atoms with Gasteiger partial charge in [0.05, 0.1) is 0 Å². The summed E-state index contributed by atoms with van der Waals surface area (Å²) in [7, 11) is 0. The maximum absolute atomic E-state index is 10.3. The standard InChI is InChI=1S/C18H38O.C14H22O.C3H6O2/c1-2-3-4-5-6-7-8-9-10-11-12-13-14-15-16-17-18-19;1-13(2,3)10-8-7-9-11(12(10)15)14(4,5)6;1-2-3(4)5/h19H,2-18H2,1H3;7-9,15H,1-6H3;2H2,1H3,(H,4,5). The molecule has 0 heterocycles. The summed E-state index contributed by atoms with van der Waals surface area (Å²) in [6.07, 6.45) is 22.4. The molecule has 0 amide bonds. The zero-order chi connectivity index (χ0) is 30.2. The zero-order valence-corrected chi connectivity index (χ0v) is 27.2. The largest absolute Gasteiger partial charge is 0.507 e. The molecule has 0 aliphatic carbocycles. The molecule has 230 valence electrons. The Bertz CT molecular complexity index is 649. The predicted molar refractivity (Wildman–Crippen MR) is 170 cm³/mol. The van der Waals surface area contributed by atoms with E-state index in [1.54, 1.807) is 6.92 Å². The van der Waals surface area contributed by atoms with E-state index in [1.165, 1.54) is 96.3 Å². The Hall–Kier alpha value is -1.55. The van der Waals surface area contributed by atoms with E-state index in [4.69, 9.17) is 10.2 Å². The van der Waals surface area contributed by atoms with Gasteiger partial charge in [0.1, 0.15) is 5.75 Å². The van der Waals surface area contributed by atoms with Crippen molar-refractivity contribution in [2.24, 2.45) is 0 Å². The minimum atomic E-state index is -0.745. The van der Waals surface area contributed by atoms with Crippen LogP contribution in [-0.2, 0) is 15.6 Å². The minimum Gasteiger partial charge on any atom is -0.507 e. The molecule has 0 saturated heterocycles. The maximum Gasteiger partial charge on any atom is 0.303 e. The van der Waals surface area contributed by atoms with Crippen LogP contribution in [0.3, 0.4) is 0 Å². The number of carbonyl (C=O) groups is 1. The monoisotopic (exact) mass is 550 g/mol. The van der Waals surface area contributed by atoms with Crippen molar-refractivity contribution in [3.05, 3.63) is 29.3 Å². The van der Waals surface area contributed by atoms with Crippen LogP contribution in [0.4, 0.5) is 0 Å². The van der Waals surface area contributed by atoms with Crippen LogP contribution in [0.25, 0.3) is 0 Å². The van der Waals surface area contributed by atoms with Crippen molar-refractivity contribution in [2.75, 3.05) is 6.61 Å². The molecule has 0 radical (unpaired) electrons. The van der Waals surface area contributed by atoms with Crippen LogP contribution in [-0.4, -0.2) is 27.9 Å². The van der Waals surface area contributed by atoms with Gasteiger partial charge in [0, 0.05) is 13.0 Å². The normalized spacial score (nSPS) is 11.3. The van der Waals surface area contributed by atoms with E-state index in [0.29, 0.717) is 12.4 Å². The third kappa shape index (κ3) is 24.0. The van der Waals surface area contributed by atoms with Crippen LogP contribution < -0.4 is 0 Å². The van der Waals surface area contributed by atoms with Gasteiger partial charge >= 0.3 is 5.97 Å². The fourth-order valence-corrected chi connectivity index (χ4v) is 4.41. The van der Waals surface area contributed by atoms with E-state index < -0.39 is 5.97 Å². The van der Waals surface area contributed by atoms with Gasteiger partial charge in [-0.1, -0.05) is 170 Å². The molecule has 0 bridgehead atoms. The SMILES string of the molecule is CC(C)(C)c1cccc(C(C)(C)C)c1O.CCC(=O)O.CCCCCCCCCCCCCCCCCCO. The number of benzene rings is 1. The lowest BCUT2D eigenvalue weighted by Crippen LogP contribution is -2.16. The van der Waals surface area contributed by atoms with Crippen molar-refractivity contribution in [3.63, 3.8) is 0 Å². The van der Waals surface area contributed by atoms with Crippen molar-refractivity contribution < 1.29 is 20.1 Å². The highest BCUT2D eigenvalue weighted by Crippen LogP contribution is 2.38. The van der Waals surface area contributed by atoms with Crippen molar-refractivity contribution >= 4 is 5.97 Å². The molecule has 4 nitrogen and oxygen atoms in total. The molecule has 0 aliphatic rings. The molecular weight excluding hydrogens is 484 g/mol. The Morgan fingerprint density at radius 3 is 1.13 bits per heavy atom. The predicted octanol–water partition coefficient (Wildman–Crippen LogP) is 10.7. The Morgan fingerprint density at radius 1 is 0.615 bits per heavy atom. The lowest BCUT2D eigenvalue weighted by molar-refractivity contribution is -0.136. The van der Waals surface area contributed by atoms with Crippen molar-refractivity contribution in [1.82, 2.24) is 0 Å². The summed E-state index contributed by atoms with van der Waals surface area (Å²) in [5, 5.41) is 26.7. The first kappa shape index (κ1) is 39.6. The summed E-state index contributed by atoms with van der Waals surface area (Å²) in [5.74, 6) is -0.289. The number of unbranched alkanes of at least 4 members (excludes halogenated alkanes) is 15. The molecule has 0 aliphatic heterocycles. The molecule has 1 aromatic carbocycles. The van der Waals surface area contributed by atoms with Crippen molar-refractivity contribution in [1.29, 1.82) is 0 Å². The Balaban J connectivity index is 0. The number of hydrogen-bond donors (Lipinski definition) is 3. The van der Waals surface area contributed by atoms with E-state index in [9.17, 15) is 9.90 Å². The molecule has 1 rings (SSSR count). The lowest BCUT2D eigenvalue weighted by atomic mass is 9.80. The molecule has 1 aromatic rings. The maximum atomic E-state index is 10.3. The number of aliphatic hydroxyl groups excluding tert-OH is 1. The second kappa shape index (κ2) is 24.3. The minimum absolute atomic E-state index is 0.00859. The van der Waals surface area contributed by atoms with Gasteiger partial charge in [-0.3, -0.25) is 4.79 Å². The third-order valence-corrected chi connectivity index (χ3v) is 6.97. The zero-order valence-electron chi connectivity index (χ0n) is 27.2. The van der Waals surface area contributed by atoms with Gasteiger partial charge in [-0.25, -0.2) is 0 Å². The summed E-state index contributed by atoms with van der Waals surface area (Å²) in [6.45, 7) is 17.0. The average molecular weight is 551 g/mol. The van der Waals surface area contributed by atoms with Gasteiger partial charge in [0.2, 0.25) is 0 Å². The smallest absolute Gasteiger partial charge is 0.303 e. The van der Waals surface area contributed by atoms with Crippen LogP contribution in [0.2, 0.25) is 0 Å². The summed E-state index contributed by atoms with van der Waals surface area (Å²) < 4.78 is 0. The average Bonchev–Trinajstić information content (AvgIpc) is 2.86. The Morgan fingerprint density at radius 2 is 0.897 bits per heavy atom. The van der Waals surface area contributed by atoms with Crippen molar-refractivity contribution in [3.8, 4) is 5.75 Å². The van der Waals surface area contributed by atoms with Crippen LogP contribution in [0.5, 0.6) is 5.75 Å². The Labute approximate surface area is 243 Å². The molecule has 0 spiro atoms. The Kier molecular flexibility index (Phi) is 24.6. The van der Waals surface area contributed by atoms with E-state index in [-0.39, 0.29) is 17.3 Å². The number of hydrogen-bond acceptors (Lipinski definition) is 3. The van der Waals surface area contributed by atoms with E-state index in [0.717, 1.165) is 17.5 Å². The van der Waals surface area contributed by atoms with E-state index in [2.05, 4.69) is 48.5 Å². The van der Waals surface area contributed by atoms with Crippen LogP contribution >= 0.6 is 0 Å². The summed E-state index contributed by atoms with van der Waals surface area (Å²) in [6, 6.07) is 6.04. The quantitative estimate of drug-likeness (QED) is 0.169. The number of aromatic hydroxyl groups is 1. The number of phenolic OH excluding ortho intramolecular Hbond substituents is 1. The molecular formula is C35H66O4. The van der Waals surface area contributed by atoms with Gasteiger partial charge in [-0.15, -0.1) is 0 Å². The van der Waals surface area contributed by atoms with Crippen LogP contribution in [0, 0.1) is 0 Å². The fraction of sp³-hybridized carbons (Fsp3) is 0.800. The molecule has 0 saturated carbocycles. The summed E-state index contributed by atoms with van der Waals surface area (Å²) >= 11 is 0. The number of aliphatic hydroxyl groups is 1. The molecule has 4 heteroatoms. The number of aliphatic carboxylic acids is 1. The number of phenols is 1.